The second-order valence-electron chi connectivity index (χ2n) is 10.6. The number of methoxy groups -OCH3 is 2. The van der Waals surface area contributed by atoms with Crippen LogP contribution in [0, 0.1) is 11.3 Å². The summed E-state index contributed by atoms with van der Waals surface area (Å²) in [5.74, 6) is -1.08. The molecular formula is C24H38O4Si. The van der Waals surface area contributed by atoms with Crippen LogP contribution in [0.4, 0.5) is 0 Å². The lowest BCUT2D eigenvalue weighted by atomic mass is 9.78. The van der Waals surface area contributed by atoms with Gasteiger partial charge in [0, 0.05) is 0 Å². The molecule has 0 unspecified atom stereocenters. The van der Waals surface area contributed by atoms with Gasteiger partial charge < -0.3 is 9.47 Å². The monoisotopic (exact) mass is 418 g/mol. The van der Waals surface area contributed by atoms with Gasteiger partial charge in [-0.1, -0.05) is 90.4 Å². The number of carbonyl (C=O) groups is 2. The van der Waals surface area contributed by atoms with Crippen LogP contribution in [0.1, 0.15) is 61.3 Å². The minimum Gasteiger partial charge on any atom is -0.468 e. The molecule has 0 amide bonds. The standard InChI is InChI=1S/C24H38O4Si/c1-17-19(15-16-24(17,20(25)27-8)21(26)28-9)29(22(2,3)4,23(5,6)7)18-13-11-10-12-14-18/h10-14,17,19H,15-16H2,1-9H3/t17-,19-/m0/s1. The first-order valence-corrected chi connectivity index (χ1v) is 12.6. The van der Waals surface area contributed by atoms with E-state index >= 15 is 0 Å². The zero-order valence-electron chi connectivity index (χ0n) is 19.6. The fourth-order valence-corrected chi connectivity index (χ4v) is 15.8. The average Bonchev–Trinajstić information content (AvgIpc) is 2.98. The minimum atomic E-state index is -2.33. The number of benzene rings is 1. The molecule has 1 aliphatic rings. The van der Waals surface area contributed by atoms with E-state index in [2.05, 4.69) is 78.8 Å². The molecule has 1 fully saturated rings. The highest BCUT2D eigenvalue weighted by molar-refractivity contribution is 6.97. The van der Waals surface area contributed by atoms with Crippen molar-refractivity contribution < 1.29 is 19.1 Å². The molecule has 0 aromatic heterocycles. The van der Waals surface area contributed by atoms with E-state index in [1.807, 2.05) is 0 Å². The quantitative estimate of drug-likeness (QED) is 0.389. The van der Waals surface area contributed by atoms with Gasteiger partial charge in [0.2, 0.25) is 0 Å². The highest BCUT2D eigenvalue weighted by Gasteiger charge is 2.68. The lowest BCUT2D eigenvalue weighted by Crippen LogP contribution is -2.65. The van der Waals surface area contributed by atoms with Crippen LogP contribution in [0.2, 0.25) is 15.6 Å². The molecule has 0 heterocycles. The highest BCUT2D eigenvalue weighted by Crippen LogP contribution is 2.65. The van der Waals surface area contributed by atoms with Crippen molar-refractivity contribution in [2.45, 2.75) is 76.9 Å². The van der Waals surface area contributed by atoms with Crippen LogP contribution >= 0.6 is 0 Å². The Kier molecular flexibility index (Phi) is 6.44. The van der Waals surface area contributed by atoms with Crippen molar-refractivity contribution in [3.63, 3.8) is 0 Å². The van der Waals surface area contributed by atoms with Crippen molar-refractivity contribution in [1.29, 1.82) is 0 Å². The summed E-state index contributed by atoms with van der Waals surface area (Å²) >= 11 is 0. The third-order valence-corrected chi connectivity index (χ3v) is 15.4. The second kappa shape index (κ2) is 7.90. The molecule has 29 heavy (non-hydrogen) atoms. The van der Waals surface area contributed by atoms with Gasteiger partial charge in [-0.3, -0.25) is 9.59 Å². The topological polar surface area (TPSA) is 52.6 Å². The molecule has 0 saturated heterocycles. The van der Waals surface area contributed by atoms with Gasteiger partial charge >= 0.3 is 11.9 Å². The largest absolute Gasteiger partial charge is 0.468 e. The van der Waals surface area contributed by atoms with E-state index in [-0.39, 0.29) is 21.5 Å². The summed E-state index contributed by atoms with van der Waals surface area (Å²) in [4.78, 5) is 25.9. The SMILES string of the molecule is COC(=O)C1(C(=O)OC)CC[C@H]([Si](c2ccccc2)(C(C)(C)C)C(C)(C)C)[C@@H]1C. The van der Waals surface area contributed by atoms with Crippen LogP contribution < -0.4 is 5.19 Å². The summed E-state index contributed by atoms with van der Waals surface area (Å²) in [6.45, 7) is 16.1. The van der Waals surface area contributed by atoms with Gasteiger partial charge in [-0.05, 0) is 28.0 Å². The van der Waals surface area contributed by atoms with Crippen LogP contribution in [0.5, 0.6) is 0 Å². The third kappa shape index (κ3) is 3.35. The number of hydrogen-bond acceptors (Lipinski definition) is 4. The Balaban J connectivity index is 2.80. The Bertz CT molecular complexity index is 712. The Morgan fingerprint density at radius 2 is 1.38 bits per heavy atom. The van der Waals surface area contributed by atoms with E-state index < -0.39 is 25.4 Å². The van der Waals surface area contributed by atoms with Crippen LogP contribution in [0.3, 0.4) is 0 Å². The average molecular weight is 419 g/mol. The van der Waals surface area contributed by atoms with E-state index in [0.29, 0.717) is 6.42 Å². The van der Waals surface area contributed by atoms with Crippen LogP contribution in [-0.4, -0.2) is 34.2 Å². The first-order valence-electron chi connectivity index (χ1n) is 10.5. The van der Waals surface area contributed by atoms with E-state index in [1.165, 1.54) is 19.4 Å². The Morgan fingerprint density at radius 1 is 0.931 bits per heavy atom. The van der Waals surface area contributed by atoms with Gasteiger partial charge in [0.05, 0.1) is 14.2 Å². The summed E-state index contributed by atoms with van der Waals surface area (Å²) in [5.41, 5.74) is -0.986. The van der Waals surface area contributed by atoms with Gasteiger partial charge in [0.15, 0.2) is 5.41 Å². The Hall–Kier alpha value is -1.62. The fourth-order valence-electron chi connectivity index (χ4n) is 6.84. The number of carbonyl (C=O) groups excluding carboxylic acids is 2. The lowest BCUT2D eigenvalue weighted by Gasteiger charge is -2.57. The first kappa shape index (κ1) is 23.7. The molecule has 1 saturated carbocycles. The van der Waals surface area contributed by atoms with Crippen LogP contribution in [0.15, 0.2) is 30.3 Å². The number of esters is 2. The lowest BCUT2D eigenvalue weighted by molar-refractivity contribution is -0.171. The third-order valence-electron chi connectivity index (χ3n) is 7.48. The predicted molar refractivity (Wildman–Crippen MR) is 120 cm³/mol. The summed E-state index contributed by atoms with van der Waals surface area (Å²) in [6, 6.07) is 10.8. The summed E-state index contributed by atoms with van der Waals surface area (Å²) < 4.78 is 10.3. The van der Waals surface area contributed by atoms with Crippen LogP contribution in [0.25, 0.3) is 0 Å². The Labute approximate surface area is 177 Å². The van der Waals surface area contributed by atoms with Crippen molar-refractivity contribution in [3.05, 3.63) is 30.3 Å². The van der Waals surface area contributed by atoms with Gasteiger partial charge in [-0.2, -0.15) is 0 Å². The van der Waals surface area contributed by atoms with Gasteiger partial charge in [-0.15, -0.1) is 0 Å². The molecule has 0 spiro atoms. The Morgan fingerprint density at radius 3 is 1.76 bits per heavy atom. The summed E-state index contributed by atoms with van der Waals surface area (Å²) in [5, 5.41) is 1.43. The van der Waals surface area contributed by atoms with Gasteiger partial charge in [0.25, 0.3) is 0 Å². The highest BCUT2D eigenvalue weighted by atomic mass is 28.3. The molecule has 0 N–H and O–H groups in total. The molecular weight excluding hydrogens is 380 g/mol. The van der Waals surface area contributed by atoms with Crippen molar-refractivity contribution in [2.24, 2.45) is 11.3 Å². The zero-order valence-corrected chi connectivity index (χ0v) is 20.6. The van der Waals surface area contributed by atoms with E-state index in [4.69, 9.17) is 9.47 Å². The number of ether oxygens (including phenoxy) is 2. The normalized spacial score (nSPS) is 22.2. The number of hydrogen-bond donors (Lipinski definition) is 0. The molecule has 5 heteroatoms. The predicted octanol–water partition coefficient (Wildman–Crippen LogP) is 5.08. The van der Waals surface area contributed by atoms with Gasteiger partial charge in [-0.25, -0.2) is 0 Å². The van der Waals surface area contributed by atoms with Crippen molar-refractivity contribution in [3.8, 4) is 0 Å². The molecule has 2 atom stereocenters. The fraction of sp³-hybridized carbons (Fsp3) is 0.667. The molecule has 0 bridgehead atoms. The van der Waals surface area contributed by atoms with Crippen LogP contribution in [-0.2, 0) is 19.1 Å². The molecule has 1 aromatic carbocycles. The summed E-state index contributed by atoms with van der Waals surface area (Å²) in [7, 11) is 0.401. The molecule has 2 rings (SSSR count). The zero-order chi connectivity index (χ0) is 22.3. The maximum Gasteiger partial charge on any atom is 0.323 e. The molecule has 0 radical (unpaired) electrons. The molecule has 1 aliphatic carbocycles. The maximum absolute atomic E-state index is 12.9. The van der Waals surface area contributed by atoms with Crippen molar-refractivity contribution >= 4 is 25.2 Å². The van der Waals surface area contributed by atoms with E-state index in [0.717, 1.165) is 6.42 Å². The van der Waals surface area contributed by atoms with Gasteiger partial charge in [0.1, 0.15) is 8.07 Å². The smallest absolute Gasteiger partial charge is 0.323 e. The van der Waals surface area contributed by atoms with Crippen molar-refractivity contribution in [2.75, 3.05) is 14.2 Å². The molecule has 1 aromatic rings. The van der Waals surface area contributed by atoms with Crippen molar-refractivity contribution in [1.82, 2.24) is 0 Å². The van der Waals surface area contributed by atoms with E-state index in [1.54, 1.807) is 0 Å². The van der Waals surface area contributed by atoms with E-state index in [9.17, 15) is 9.59 Å². The molecule has 4 nitrogen and oxygen atoms in total. The molecule has 162 valence electrons. The first-order chi connectivity index (χ1) is 13.3. The minimum absolute atomic E-state index is 0.0217. The molecule has 0 aliphatic heterocycles. The summed E-state index contributed by atoms with van der Waals surface area (Å²) in [6.07, 6.45) is 1.30. The second-order valence-corrected chi connectivity index (χ2v) is 16.5. The maximum atomic E-state index is 12.9. The number of rotatable bonds is 4.